The van der Waals surface area contributed by atoms with Crippen molar-refractivity contribution in [3.8, 4) is 0 Å². The molecule has 1 fully saturated rings. The molecule has 172 valence electrons. The van der Waals surface area contributed by atoms with Gasteiger partial charge in [-0.15, -0.1) is 0 Å². The number of aliphatic hydroxyl groups is 1. The molecule has 0 radical (unpaired) electrons. The van der Waals surface area contributed by atoms with Gasteiger partial charge < -0.3 is 20.6 Å². The minimum Gasteiger partial charge on any atom is -0.387 e. The van der Waals surface area contributed by atoms with Gasteiger partial charge in [0.2, 0.25) is 5.91 Å². The zero-order valence-corrected chi connectivity index (χ0v) is 17.7. The van der Waals surface area contributed by atoms with Gasteiger partial charge in [0.25, 0.3) is 0 Å². The highest BCUT2D eigenvalue weighted by molar-refractivity contribution is 5.82. The number of nitrogens with two attached hydrogens (primary N) is 1. The van der Waals surface area contributed by atoms with Crippen molar-refractivity contribution in [2.24, 2.45) is 5.73 Å². The van der Waals surface area contributed by atoms with E-state index in [0.29, 0.717) is 43.9 Å². The largest absolute Gasteiger partial charge is 0.416 e. The van der Waals surface area contributed by atoms with Crippen molar-refractivity contribution in [3.05, 3.63) is 53.0 Å². The Morgan fingerprint density at radius 2 is 1.84 bits per heavy atom. The van der Waals surface area contributed by atoms with Crippen LogP contribution >= 0.6 is 0 Å². The van der Waals surface area contributed by atoms with Gasteiger partial charge in [-0.3, -0.25) is 4.79 Å². The topological polar surface area (TPSA) is 95.6 Å². The quantitative estimate of drug-likeness (QED) is 0.744. The number of nitrogens with zero attached hydrogens (tertiary/aromatic N) is 4. The summed E-state index contributed by atoms with van der Waals surface area (Å²) in [5, 5.41) is 10.2. The van der Waals surface area contributed by atoms with Gasteiger partial charge in [0, 0.05) is 31.7 Å². The number of aromatic nitrogens is 2. The number of hydrogen-bond donors (Lipinski definition) is 2. The number of fused-ring (bicyclic) bond motifs is 1. The molecule has 1 amide bonds. The number of anilines is 1. The number of rotatable bonds is 4. The third-order valence-corrected chi connectivity index (χ3v) is 6.22. The molecule has 7 nitrogen and oxygen atoms in total. The minimum atomic E-state index is -4.39. The van der Waals surface area contributed by atoms with Crippen molar-refractivity contribution in [3.63, 3.8) is 0 Å². The molecule has 3 N–H and O–H groups in total. The molecule has 10 heteroatoms. The number of alkyl halides is 3. The van der Waals surface area contributed by atoms with Crippen molar-refractivity contribution in [2.45, 2.75) is 44.0 Å². The average Bonchev–Trinajstić information content (AvgIpc) is 3.07. The summed E-state index contributed by atoms with van der Waals surface area (Å²) in [6.07, 6.45) is -2.71. The summed E-state index contributed by atoms with van der Waals surface area (Å²) >= 11 is 0. The summed E-state index contributed by atoms with van der Waals surface area (Å²) in [7, 11) is 0. The second-order valence-corrected chi connectivity index (χ2v) is 8.47. The molecular weight excluding hydrogens is 423 g/mol. The van der Waals surface area contributed by atoms with Crippen LogP contribution in [0.3, 0.4) is 0 Å². The zero-order valence-electron chi connectivity index (χ0n) is 17.7. The Morgan fingerprint density at radius 3 is 2.47 bits per heavy atom. The summed E-state index contributed by atoms with van der Waals surface area (Å²) in [5.74, 6) is 0.745. The molecule has 3 atom stereocenters. The lowest BCUT2D eigenvalue weighted by molar-refractivity contribution is -0.137. The number of hydrogen-bond acceptors (Lipinski definition) is 6. The molecular formula is C22H26F3N5O2. The van der Waals surface area contributed by atoms with E-state index in [4.69, 9.17) is 5.73 Å². The van der Waals surface area contributed by atoms with Crippen LogP contribution in [0.4, 0.5) is 19.0 Å². The van der Waals surface area contributed by atoms with Crippen LogP contribution in [-0.4, -0.2) is 58.1 Å². The fraction of sp³-hybridized carbons (Fsp3) is 0.500. The van der Waals surface area contributed by atoms with Crippen molar-refractivity contribution >= 4 is 11.7 Å². The van der Waals surface area contributed by atoms with Gasteiger partial charge in [-0.2, -0.15) is 13.2 Å². The van der Waals surface area contributed by atoms with E-state index >= 15 is 0 Å². The Kier molecular flexibility index (Phi) is 6.09. The van der Waals surface area contributed by atoms with Crippen LogP contribution in [0.25, 0.3) is 0 Å². The van der Waals surface area contributed by atoms with Crippen LogP contribution in [0.15, 0.2) is 30.6 Å². The van der Waals surface area contributed by atoms with Crippen molar-refractivity contribution in [1.82, 2.24) is 14.9 Å². The van der Waals surface area contributed by atoms with Gasteiger partial charge in [-0.1, -0.05) is 19.1 Å². The molecule has 0 spiro atoms. The molecule has 1 aromatic heterocycles. The molecule has 1 saturated heterocycles. The summed E-state index contributed by atoms with van der Waals surface area (Å²) < 4.78 is 38.1. The monoisotopic (exact) mass is 449 g/mol. The number of benzene rings is 1. The Bertz CT molecular complexity index is 975. The van der Waals surface area contributed by atoms with E-state index in [0.717, 1.165) is 23.5 Å². The molecule has 2 unspecified atom stereocenters. The molecule has 0 saturated carbocycles. The van der Waals surface area contributed by atoms with E-state index in [2.05, 4.69) is 14.9 Å². The summed E-state index contributed by atoms with van der Waals surface area (Å²) in [6.45, 7) is 4.13. The van der Waals surface area contributed by atoms with Crippen LogP contribution < -0.4 is 10.6 Å². The second kappa shape index (κ2) is 8.67. The summed E-state index contributed by atoms with van der Waals surface area (Å²) in [6, 6.07) is 3.90. The smallest absolute Gasteiger partial charge is 0.387 e. The predicted molar refractivity (Wildman–Crippen MR) is 112 cm³/mol. The van der Waals surface area contributed by atoms with Crippen LogP contribution in [-0.2, 0) is 17.4 Å². The van der Waals surface area contributed by atoms with Crippen LogP contribution in [0.5, 0.6) is 0 Å². The maximum absolute atomic E-state index is 12.8. The lowest BCUT2D eigenvalue weighted by atomic mass is 10.0. The normalized spacial score (nSPS) is 22.1. The van der Waals surface area contributed by atoms with Gasteiger partial charge >= 0.3 is 6.18 Å². The maximum Gasteiger partial charge on any atom is 0.416 e. The molecule has 2 aromatic rings. The molecule has 2 aliphatic rings. The number of aliphatic hydroxyl groups excluding tert-OH is 1. The summed E-state index contributed by atoms with van der Waals surface area (Å²) in [5.41, 5.74) is 7.59. The SMILES string of the molecule is CC1C[C@@H](O)c2ncnc(N3CCN(C(=O)C(N)Cc4ccc(C(F)(F)F)cc4)CC3)c21. The Morgan fingerprint density at radius 1 is 1.19 bits per heavy atom. The van der Waals surface area contributed by atoms with E-state index in [-0.39, 0.29) is 18.2 Å². The van der Waals surface area contributed by atoms with Crippen molar-refractivity contribution in [2.75, 3.05) is 31.1 Å². The van der Waals surface area contributed by atoms with Gasteiger partial charge in [-0.05, 0) is 36.5 Å². The highest BCUT2D eigenvalue weighted by Gasteiger charge is 2.34. The third-order valence-electron chi connectivity index (χ3n) is 6.22. The molecule has 0 bridgehead atoms. The molecule has 1 aromatic carbocycles. The summed E-state index contributed by atoms with van der Waals surface area (Å²) in [4.78, 5) is 25.3. The van der Waals surface area contributed by atoms with Gasteiger partial charge in [-0.25, -0.2) is 9.97 Å². The predicted octanol–water partition coefficient (Wildman–Crippen LogP) is 2.25. The molecule has 2 heterocycles. The number of amides is 1. The first-order valence-electron chi connectivity index (χ1n) is 10.6. The Balaban J connectivity index is 1.36. The van der Waals surface area contributed by atoms with E-state index in [9.17, 15) is 23.1 Å². The van der Waals surface area contributed by atoms with Gasteiger partial charge in [0.05, 0.1) is 23.4 Å². The van der Waals surface area contributed by atoms with Gasteiger partial charge in [0.1, 0.15) is 12.1 Å². The standard InChI is InChI=1S/C22H26F3N5O2/c1-13-10-17(31)19-18(13)20(28-12-27-19)29-6-8-30(9-7-29)21(32)16(26)11-14-2-4-15(5-3-14)22(23,24)25/h2-5,12-13,16-17,31H,6-11,26H2,1H3/t13?,16?,17-/m1/s1. The fourth-order valence-electron chi connectivity index (χ4n) is 4.50. The van der Waals surface area contributed by atoms with E-state index in [1.807, 2.05) is 6.92 Å². The fourth-order valence-corrected chi connectivity index (χ4v) is 4.50. The first kappa shape index (κ1) is 22.5. The number of piperazine rings is 1. The molecule has 4 rings (SSSR count). The zero-order chi connectivity index (χ0) is 23.0. The van der Waals surface area contributed by atoms with E-state index in [1.165, 1.54) is 18.5 Å². The Labute approximate surface area is 184 Å². The van der Waals surface area contributed by atoms with Gasteiger partial charge in [0.15, 0.2) is 0 Å². The number of carbonyl (C=O) groups excluding carboxylic acids is 1. The molecule has 1 aliphatic carbocycles. The minimum absolute atomic E-state index is 0.160. The van der Waals surface area contributed by atoms with Crippen molar-refractivity contribution < 1.29 is 23.1 Å². The maximum atomic E-state index is 12.8. The second-order valence-electron chi connectivity index (χ2n) is 8.47. The molecule has 1 aliphatic heterocycles. The highest BCUT2D eigenvalue weighted by atomic mass is 19.4. The molecule has 32 heavy (non-hydrogen) atoms. The van der Waals surface area contributed by atoms with E-state index in [1.54, 1.807) is 4.90 Å². The first-order chi connectivity index (χ1) is 15.1. The number of carbonyl (C=O) groups is 1. The Hall–Kier alpha value is -2.72. The lowest BCUT2D eigenvalue weighted by Gasteiger charge is -2.37. The number of halogens is 3. The van der Waals surface area contributed by atoms with E-state index < -0.39 is 23.9 Å². The van der Waals surface area contributed by atoms with Crippen molar-refractivity contribution in [1.29, 1.82) is 0 Å². The lowest BCUT2D eigenvalue weighted by Crippen LogP contribution is -2.54. The first-order valence-corrected chi connectivity index (χ1v) is 10.6. The third kappa shape index (κ3) is 4.42. The van der Waals surface area contributed by atoms with Crippen LogP contribution in [0, 0.1) is 0 Å². The highest BCUT2D eigenvalue weighted by Crippen LogP contribution is 2.42. The van der Waals surface area contributed by atoms with Crippen LogP contribution in [0.2, 0.25) is 0 Å². The van der Waals surface area contributed by atoms with Crippen LogP contribution in [0.1, 0.15) is 47.8 Å². The average molecular weight is 449 g/mol.